The van der Waals surface area contributed by atoms with Gasteiger partial charge in [0.1, 0.15) is 12.2 Å². The number of aliphatic hydroxyl groups is 3. The van der Waals surface area contributed by atoms with E-state index in [2.05, 4.69) is 0 Å². The molecule has 4 nitrogen and oxygen atoms in total. The minimum absolute atomic E-state index is 0.339. The Balaban J connectivity index is 2.52. The van der Waals surface area contributed by atoms with Crippen molar-refractivity contribution in [2.45, 2.75) is 37.3 Å². The summed E-state index contributed by atoms with van der Waals surface area (Å²) in [5, 5.41) is 27.5. The fraction of sp³-hybridized carbons (Fsp3) is 1.00. The Labute approximate surface area is 65.4 Å². The number of methoxy groups -OCH3 is 1. The normalized spacial score (nSPS) is 45.8. The summed E-state index contributed by atoms with van der Waals surface area (Å²) in [4.78, 5) is 0. The number of hydrogen-bond acceptors (Lipinski definition) is 4. The fourth-order valence-corrected chi connectivity index (χ4v) is 1.38. The van der Waals surface area contributed by atoms with Crippen LogP contribution in [0.5, 0.6) is 0 Å². The van der Waals surface area contributed by atoms with Gasteiger partial charge in [0, 0.05) is 7.11 Å². The molecule has 4 atom stereocenters. The van der Waals surface area contributed by atoms with Crippen molar-refractivity contribution in [3.05, 3.63) is 0 Å². The number of aliphatic hydroxyl groups excluding tert-OH is 3. The molecular formula is C7H14O4. The van der Waals surface area contributed by atoms with Gasteiger partial charge >= 0.3 is 0 Å². The summed E-state index contributed by atoms with van der Waals surface area (Å²) in [6, 6.07) is 0. The maximum atomic E-state index is 9.27. The van der Waals surface area contributed by atoms with Crippen molar-refractivity contribution < 1.29 is 20.1 Å². The van der Waals surface area contributed by atoms with Crippen molar-refractivity contribution in [3.63, 3.8) is 0 Å². The Morgan fingerprint density at radius 2 is 1.73 bits per heavy atom. The van der Waals surface area contributed by atoms with Gasteiger partial charge < -0.3 is 20.1 Å². The fourth-order valence-electron chi connectivity index (χ4n) is 1.38. The molecule has 0 heterocycles. The molecule has 1 fully saturated rings. The van der Waals surface area contributed by atoms with Crippen molar-refractivity contribution in [2.75, 3.05) is 7.11 Å². The molecule has 66 valence electrons. The zero-order valence-corrected chi connectivity index (χ0v) is 6.47. The van der Waals surface area contributed by atoms with Crippen molar-refractivity contribution in [3.8, 4) is 0 Å². The summed E-state index contributed by atoms with van der Waals surface area (Å²) in [6.45, 7) is 0. The lowest BCUT2D eigenvalue weighted by Gasteiger charge is -2.33. The maximum absolute atomic E-state index is 9.27. The summed E-state index contributed by atoms with van der Waals surface area (Å²) in [6.07, 6.45) is -2.09. The predicted octanol–water partition coefficient (Wildman–Crippen LogP) is -1.12. The first-order chi connectivity index (χ1) is 5.16. The van der Waals surface area contributed by atoms with Gasteiger partial charge in [0.25, 0.3) is 0 Å². The molecule has 4 unspecified atom stereocenters. The first-order valence-corrected chi connectivity index (χ1v) is 3.74. The maximum Gasteiger partial charge on any atom is 0.108 e. The highest BCUT2D eigenvalue weighted by Crippen LogP contribution is 2.21. The van der Waals surface area contributed by atoms with E-state index in [1.807, 2.05) is 0 Å². The summed E-state index contributed by atoms with van der Waals surface area (Å²) in [7, 11) is 1.48. The molecule has 0 aromatic rings. The number of ether oxygens (including phenoxy) is 1. The van der Waals surface area contributed by atoms with Crippen molar-refractivity contribution in [2.24, 2.45) is 0 Å². The SMILES string of the molecule is COC1CCC(O)C(O)C1O. The average molecular weight is 162 g/mol. The van der Waals surface area contributed by atoms with E-state index < -0.39 is 18.3 Å². The third-order valence-corrected chi connectivity index (χ3v) is 2.17. The molecule has 4 heteroatoms. The summed E-state index contributed by atoms with van der Waals surface area (Å²) in [5.41, 5.74) is 0. The van der Waals surface area contributed by atoms with Crippen LogP contribution in [0.4, 0.5) is 0 Å². The monoisotopic (exact) mass is 162 g/mol. The van der Waals surface area contributed by atoms with Gasteiger partial charge in [-0.15, -0.1) is 0 Å². The van der Waals surface area contributed by atoms with Gasteiger partial charge in [-0.3, -0.25) is 0 Å². The highest BCUT2D eigenvalue weighted by Gasteiger charge is 2.36. The van der Waals surface area contributed by atoms with Crippen LogP contribution in [0, 0.1) is 0 Å². The minimum Gasteiger partial charge on any atom is -0.390 e. The van der Waals surface area contributed by atoms with Crippen LogP contribution in [-0.2, 0) is 4.74 Å². The van der Waals surface area contributed by atoms with Gasteiger partial charge in [0.15, 0.2) is 0 Å². The predicted molar refractivity (Wildman–Crippen MR) is 38.1 cm³/mol. The molecule has 0 radical (unpaired) electrons. The molecule has 0 aromatic heterocycles. The molecule has 0 aromatic carbocycles. The van der Waals surface area contributed by atoms with Gasteiger partial charge in [-0.25, -0.2) is 0 Å². The zero-order valence-electron chi connectivity index (χ0n) is 6.47. The van der Waals surface area contributed by atoms with E-state index in [4.69, 9.17) is 14.9 Å². The molecule has 1 saturated carbocycles. The molecule has 0 saturated heterocycles. The molecule has 1 aliphatic rings. The topological polar surface area (TPSA) is 69.9 Å². The molecule has 3 N–H and O–H groups in total. The highest BCUT2D eigenvalue weighted by molar-refractivity contribution is 4.87. The second-order valence-corrected chi connectivity index (χ2v) is 2.90. The van der Waals surface area contributed by atoms with E-state index >= 15 is 0 Å². The number of hydrogen-bond donors (Lipinski definition) is 3. The van der Waals surface area contributed by atoms with Gasteiger partial charge in [0.05, 0.1) is 12.2 Å². The first kappa shape index (κ1) is 8.93. The van der Waals surface area contributed by atoms with Gasteiger partial charge in [-0.05, 0) is 12.8 Å². The van der Waals surface area contributed by atoms with Crippen LogP contribution in [0.15, 0.2) is 0 Å². The second-order valence-electron chi connectivity index (χ2n) is 2.90. The van der Waals surface area contributed by atoms with Gasteiger partial charge in [0.2, 0.25) is 0 Å². The number of rotatable bonds is 1. The standard InChI is InChI=1S/C7H14O4/c1-11-5-3-2-4(8)6(9)7(5)10/h4-10H,2-3H2,1H3. The van der Waals surface area contributed by atoms with Gasteiger partial charge in [-0.1, -0.05) is 0 Å². The summed E-state index contributed by atoms with van der Waals surface area (Å²) < 4.78 is 4.90. The molecular weight excluding hydrogens is 148 g/mol. The molecule has 1 rings (SSSR count). The quantitative estimate of drug-likeness (QED) is 0.456. The Bertz CT molecular complexity index is 126. The highest BCUT2D eigenvalue weighted by atomic mass is 16.5. The van der Waals surface area contributed by atoms with Crippen LogP contribution in [0.1, 0.15) is 12.8 Å². The summed E-state index contributed by atoms with van der Waals surface area (Å²) >= 11 is 0. The molecule has 0 amide bonds. The average Bonchev–Trinajstić information content (AvgIpc) is 2.01. The molecule has 0 bridgehead atoms. The van der Waals surface area contributed by atoms with Crippen LogP contribution >= 0.6 is 0 Å². The molecule has 0 aliphatic heterocycles. The first-order valence-electron chi connectivity index (χ1n) is 3.74. The van der Waals surface area contributed by atoms with E-state index in [1.54, 1.807) is 0 Å². The van der Waals surface area contributed by atoms with Crippen LogP contribution in [0.3, 0.4) is 0 Å². The van der Waals surface area contributed by atoms with Crippen LogP contribution in [0.25, 0.3) is 0 Å². The third kappa shape index (κ3) is 1.70. The third-order valence-electron chi connectivity index (χ3n) is 2.17. The van der Waals surface area contributed by atoms with E-state index in [9.17, 15) is 5.11 Å². The van der Waals surface area contributed by atoms with Crippen LogP contribution < -0.4 is 0 Å². The van der Waals surface area contributed by atoms with Gasteiger partial charge in [-0.2, -0.15) is 0 Å². The second kappa shape index (κ2) is 3.49. The van der Waals surface area contributed by atoms with Crippen molar-refractivity contribution in [1.82, 2.24) is 0 Å². The van der Waals surface area contributed by atoms with E-state index in [0.717, 1.165) is 0 Å². The van der Waals surface area contributed by atoms with Crippen molar-refractivity contribution >= 4 is 0 Å². The minimum atomic E-state index is -1.06. The Hall–Kier alpha value is -0.160. The van der Waals surface area contributed by atoms with Crippen LogP contribution in [0.2, 0.25) is 0 Å². The molecule has 0 spiro atoms. The molecule has 1 aliphatic carbocycles. The smallest absolute Gasteiger partial charge is 0.108 e. The lowest BCUT2D eigenvalue weighted by Crippen LogP contribution is -2.49. The largest absolute Gasteiger partial charge is 0.390 e. The van der Waals surface area contributed by atoms with E-state index in [0.29, 0.717) is 12.8 Å². The lowest BCUT2D eigenvalue weighted by atomic mass is 9.90. The Morgan fingerprint density at radius 1 is 1.09 bits per heavy atom. The Morgan fingerprint density at radius 3 is 2.27 bits per heavy atom. The van der Waals surface area contributed by atoms with Crippen molar-refractivity contribution in [1.29, 1.82) is 0 Å². The van der Waals surface area contributed by atoms with E-state index in [1.165, 1.54) is 7.11 Å². The lowest BCUT2D eigenvalue weighted by molar-refractivity contribution is -0.144. The molecule has 11 heavy (non-hydrogen) atoms. The van der Waals surface area contributed by atoms with E-state index in [-0.39, 0.29) is 6.10 Å². The van der Waals surface area contributed by atoms with Crippen LogP contribution in [-0.4, -0.2) is 46.8 Å². The zero-order chi connectivity index (χ0) is 8.43. The summed E-state index contributed by atoms with van der Waals surface area (Å²) in [5.74, 6) is 0. The Kier molecular flexibility index (Phi) is 2.84.